The van der Waals surface area contributed by atoms with Gasteiger partial charge < -0.3 is 10.2 Å². The number of amides is 2. The van der Waals surface area contributed by atoms with Crippen LogP contribution in [-0.2, 0) is 35.2 Å². The lowest BCUT2D eigenvalue weighted by molar-refractivity contribution is -0.137. The molecule has 162 valence electrons. The molecule has 3 aromatic rings. The minimum Gasteiger partial charge on any atom is -0.347 e. The minimum atomic E-state index is -4.42. The van der Waals surface area contributed by atoms with Crippen molar-refractivity contribution >= 4 is 33.4 Å². The molecule has 0 radical (unpaired) electrons. The van der Waals surface area contributed by atoms with Crippen molar-refractivity contribution in [1.29, 1.82) is 0 Å². The molecule has 0 fully saturated rings. The Hall–Kier alpha value is -2.94. The van der Waals surface area contributed by atoms with Gasteiger partial charge in [0.15, 0.2) is 0 Å². The number of halogens is 3. The molecule has 0 saturated heterocycles. The van der Waals surface area contributed by atoms with Crippen molar-refractivity contribution in [2.24, 2.45) is 0 Å². The molecule has 2 amide bonds. The van der Waals surface area contributed by atoms with Crippen molar-refractivity contribution in [3.8, 4) is 0 Å². The summed E-state index contributed by atoms with van der Waals surface area (Å²) in [6, 6.07) is 11.4. The second kappa shape index (κ2) is 8.66. The highest BCUT2D eigenvalue weighted by Crippen LogP contribution is 2.33. The normalized spacial score (nSPS) is 13.8. The first-order valence-electron chi connectivity index (χ1n) is 9.87. The monoisotopic (exact) mass is 447 g/mol. The Morgan fingerprint density at radius 2 is 1.90 bits per heavy atom. The number of aromatic nitrogens is 1. The first-order chi connectivity index (χ1) is 14.8. The molecular formula is C22H20F3N3O2S. The van der Waals surface area contributed by atoms with E-state index < -0.39 is 11.7 Å². The number of carbonyl (C=O) groups is 2. The summed E-state index contributed by atoms with van der Waals surface area (Å²) < 4.78 is 39.1. The SMILES string of the molecule is O=C(CCc1nc2cc(C(F)(F)F)ccc2s1)NCC(=O)N1CCc2ccccc2C1. The van der Waals surface area contributed by atoms with Crippen LogP contribution in [0.15, 0.2) is 42.5 Å². The molecule has 0 atom stereocenters. The number of benzene rings is 2. The van der Waals surface area contributed by atoms with Gasteiger partial charge in [-0.2, -0.15) is 13.2 Å². The van der Waals surface area contributed by atoms with Gasteiger partial charge in [0.25, 0.3) is 0 Å². The summed E-state index contributed by atoms with van der Waals surface area (Å²) in [7, 11) is 0. The van der Waals surface area contributed by atoms with Crippen LogP contribution < -0.4 is 5.32 Å². The van der Waals surface area contributed by atoms with Crippen LogP contribution in [0, 0.1) is 0 Å². The molecule has 31 heavy (non-hydrogen) atoms. The molecule has 9 heteroatoms. The fraction of sp³-hybridized carbons (Fsp3) is 0.318. The smallest absolute Gasteiger partial charge is 0.347 e. The first kappa shape index (κ1) is 21.3. The fourth-order valence-corrected chi connectivity index (χ4v) is 4.51. The predicted octanol–water partition coefficient (Wildman–Crippen LogP) is 3.95. The van der Waals surface area contributed by atoms with E-state index in [1.54, 1.807) is 4.90 Å². The lowest BCUT2D eigenvalue weighted by Gasteiger charge is -2.29. The van der Waals surface area contributed by atoms with Crippen LogP contribution in [0.3, 0.4) is 0 Å². The van der Waals surface area contributed by atoms with Gasteiger partial charge >= 0.3 is 6.18 Å². The molecule has 0 saturated carbocycles. The molecule has 2 aromatic carbocycles. The van der Waals surface area contributed by atoms with E-state index in [2.05, 4.69) is 16.4 Å². The van der Waals surface area contributed by atoms with Crippen LogP contribution >= 0.6 is 11.3 Å². The Morgan fingerprint density at radius 1 is 1.13 bits per heavy atom. The second-order valence-electron chi connectivity index (χ2n) is 7.40. The maximum absolute atomic E-state index is 12.8. The zero-order chi connectivity index (χ0) is 22.0. The molecule has 0 bridgehead atoms. The number of nitrogens with one attached hydrogen (secondary N) is 1. The van der Waals surface area contributed by atoms with Gasteiger partial charge in [-0.25, -0.2) is 4.98 Å². The lowest BCUT2D eigenvalue weighted by atomic mass is 10.00. The zero-order valence-electron chi connectivity index (χ0n) is 16.5. The molecule has 0 aliphatic carbocycles. The van der Waals surface area contributed by atoms with Crippen molar-refractivity contribution in [1.82, 2.24) is 15.2 Å². The minimum absolute atomic E-state index is 0.0736. The van der Waals surface area contributed by atoms with E-state index in [9.17, 15) is 22.8 Å². The van der Waals surface area contributed by atoms with Gasteiger partial charge in [0.05, 0.1) is 27.3 Å². The van der Waals surface area contributed by atoms with Gasteiger partial charge in [0, 0.05) is 25.9 Å². The van der Waals surface area contributed by atoms with Crippen LogP contribution in [0.4, 0.5) is 13.2 Å². The average Bonchev–Trinajstić information content (AvgIpc) is 3.17. The van der Waals surface area contributed by atoms with E-state index in [4.69, 9.17) is 0 Å². The molecule has 5 nitrogen and oxygen atoms in total. The number of thiazole rings is 1. The molecule has 0 unspecified atom stereocenters. The Morgan fingerprint density at radius 3 is 2.68 bits per heavy atom. The van der Waals surface area contributed by atoms with Gasteiger partial charge in [0.2, 0.25) is 11.8 Å². The van der Waals surface area contributed by atoms with Crippen molar-refractivity contribution in [3.63, 3.8) is 0 Å². The van der Waals surface area contributed by atoms with E-state index in [0.717, 1.165) is 24.1 Å². The van der Waals surface area contributed by atoms with Crippen LogP contribution in [0.5, 0.6) is 0 Å². The molecule has 1 N–H and O–H groups in total. The molecule has 1 aromatic heterocycles. The molecule has 4 rings (SSSR count). The number of alkyl halides is 3. The second-order valence-corrected chi connectivity index (χ2v) is 8.51. The number of hydrogen-bond donors (Lipinski definition) is 1. The van der Waals surface area contributed by atoms with Crippen LogP contribution in [-0.4, -0.2) is 34.8 Å². The van der Waals surface area contributed by atoms with Gasteiger partial charge in [-0.1, -0.05) is 24.3 Å². The van der Waals surface area contributed by atoms with E-state index in [-0.39, 0.29) is 30.3 Å². The Balaban J connectivity index is 1.27. The van der Waals surface area contributed by atoms with E-state index in [1.165, 1.54) is 23.0 Å². The number of rotatable bonds is 5. The van der Waals surface area contributed by atoms with E-state index >= 15 is 0 Å². The Bertz CT molecular complexity index is 1130. The summed E-state index contributed by atoms with van der Waals surface area (Å²) in [4.78, 5) is 30.5. The third-order valence-corrected chi connectivity index (χ3v) is 6.34. The molecule has 1 aliphatic rings. The van der Waals surface area contributed by atoms with Gasteiger partial charge in [0.1, 0.15) is 0 Å². The third-order valence-electron chi connectivity index (χ3n) is 5.25. The summed E-state index contributed by atoms with van der Waals surface area (Å²) in [5, 5.41) is 3.22. The standard InChI is InChI=1S/C22H20F3N3O2S/c23-22(24,25)16-5-6-18-17(11-16)27-20(31-18)8-7-19(29)26-12-21(30)28-10-9-14-3-1-2-4-15(14)13-28/h1-6,11H,7-10,12-13H2,(H,26,29). The summed E-state index contributed by atoms with van der Waals surface area (Å²) in [6.07, 6.45) is -3.20. The fourth-order valence-electron chi connectivity index (χ4n) is 3.56. The number of aryl methyl sites for hydroxylation is 1. The number of carbonyl (C=O) groups excluding carboxylic acids is 2. The highest BCUT2D eigenvalue weighted by Gasteiger charge is 2.30. The lowest BCUT2D eigenvalue weighted by Crippen LogP contribution is -2.42. The summed E-state index contributed by atoms with van der Waals surface area (Å²) in [6.45, 7) is 1.09. The molecular weight excluding hydrogens is 427 g/mol. The zero-order valence-corrected chi connectivity index (χ0v) is 17.4. The van der Waals surface area contributed by atoms with Gasteiger partial charge in [-0.3, -0.25) is 9.59 Å². The summed E-state index contributed by atoms with van der Waals surface area (Å²) in [5.74, 6) is -0.427. The molecule has 2 heterocycles. The van der Waals surface area contributed by atoms with Crippen LogP contribution in [0.2, 0.25) is 0 Å². The highest BCUT2D eigenvalue weighted by atomic mass is 32.1. The molecule has 1 aliphatic heterocycles. The third kappa shape index (κ3) is 5.04. The van der Waals surface area contributed by atoms with Crippen molar-refractivity contribution < 1.29 is 22.8 Å². The van der Waals surface area contributed by atoms with Crippen molar-refractivity contribution in [3.05, 3.63) is 64.2 Å². The summed E-state index contributed by atoms with van der Waals surface area (Å²) in [5.41, 5.74) is 1.90. The van der Waals surface area contributed by atoms with Crippen LogP contribution in [0.25, 0.3) is 10.2 Å². The van der Waals surface area contributed by atoms with Crippen molar-refractivity contribution in [2.45, 2.75) is 32.0 Å². The van der Waals surface area contributed by atoms with Crippen LogP contribution in [0.1, 0.15) is 28.1 Å². The maximum Gasteiger partial charge on any atom is 0.416 e. The Labute approximate surface area is 180 Å². The first-order valence-corrected chi connectivity index (χ1v) is 10.7. The molecule has 0 spiro atoms. The summed E-state index contributed by atoms with van der Waals surface area (Å²) >= 11 is 1.27. The Kier molecular flexibility index (Phi) is 5.95. The average molecular weight is 447 g/mol. The quantitative estimate of drug-likeness (QED) is 0.644. The van der Waals surface area contributed by atoms with Gasteiger partial charge in [-0.05, 0) is 35.7 Å². The van der Waals surface area contributed by atoms with E-state index in [1.807, 2.05) is 18.2 Å². The van der Waals surface area contributed by atoms with Crippen molar-refractivity contribution in [2.75, 3.05) is 13.1 Å². The largest absolute Gasteiger partial charge is 0.416 e. The predicted molar refractivity (Wildman–Crippen MR) is 112 cm³/mol. The topological polar surface area (TPSA) is 62.3 Å². The maximum atomic E-state index is 12.8. The number of nitrogens with zero attached hydrogens (tertiary/aromatic N) is 2. The van der Waals surface area contributed by atoms with E-state index in [0.29, 0.717) is 29.2 Å². The van der Waals surface area contributed by atoms with Gasteiger partial charge in [-0.15, -0.1) is 11.3 Å². The number of fused-ring (bicyclic) bond motifs is 2. The highest BCUT2D eigenvalue weighted by molar-refractivity contribution is 7.18. The number of hydrogen-bond acceptors (Lipinski definition) is 4.